The molecule has 0 amide bonds. The lowest BCUT2D eigenvalue weighted by molar-refractivity contribution is 0.414. The molecule has 0 heterocycles. The minimum atomic E-state index is 0.700. The van der Waals surface area contributed by atoms with Gasteiger partial charge in [-0.25, -0.2) is 0 Å². The van der Waals surface area contributed by atoms with Crippen LogP contribution in [0.4, 0.5) is 0 Å². The molecular formula is C10H11BrO. The number of halogens is 1. The number of alkyl halides is 1. The molecule has 0 aliphatic heterocycles. The molecule has 1 aliphatic carbocycles. The van der Waals surface area contributed by atoms with E-state index in [4.69, 9.17) is 4.74 Å². The molecule has 12 heavy (non-hydrogen) atoms. The predicted molar refractivity (Wildman–Crippen MR) is 53.1 cm³/mol. The summed E-state index contributed by atoms with van der Waals surface area (Å²) in [6.45, 7) is 0. The van der Waals surface area contributed by atoms with Gasteiger partial charge in [-0.05, 0) is 30.0 Å². The maximum absolute atomic E-state index is 5.08. The first-order valence-corrected chi connectivity index (χ1v) is 5.01. The quantitative estimate of drug-likeness (QED) is 0.706. The summed E-state index contributed by atoms with van der Waals surface area (Å²) < 4.78 is 5.08. The van der Waals surface area contributed by atoms with Crippen molar-refractivity contribution in [2.45, 2.75) is 17.2 Å². The number of benzene rings is 1. The first kappa shape index (κ1) is 8.11. The molecule has 1 saturated carbocycles. The van der Waals surface area contributed by atoms with Crippen molar-refractivity contribution in [3.05, 3.63) is 29.8 Å². The Hall–Kier alpha value is -0.500. The van der Waals surface area contributed by atoms with E-state index in [1.54, 1.807) is 7.11 Å². The number of hydrogen-bond acceptors (Lipinski definition) is 1. The first-order valence-electron chi connectivity index (χ1n) is 4.09. The zero-order chi connectivity index (χ0) is 8.55. The highest BCUT2D eigenvalue weighted by Gasteiger charge is 2.35. The highest BCUT2D eigenvalue weighted by molar-refractivity contribution is 9.09. The van der Waals surface area contributed by atoms with Crippen LogP contribution >= 0.6 is 15.9 Å². The average molecular weight is 227 g/mol. The zero-order valence-corrected chi connectivity index (χ0v) is 8.54. The van der Waals surface area contributed by atoms with E-state index in [2.05, 4.69) is 28.1 Å². The van der Waals surface area contributed by atoms with E-state index < -0.39 is 0 Å². The largest absolute Gasteiger partial charge is 0.497 e. The number of hydrogen-bond donors (Lipinski definition) is 0. The molecule has 2 atom stereocenters. The van der Waals surface area contributed by atoms with Crippen molar-refractivity contribution in [3.8, 4) is 5.75 Å². The standard InChI is InChI=1S/C10H11BrO/c1-12-8-4-2-7(3-5-8)9-6-10(9)11/h2-5,9-10H,6H2,1H3. The van der Waals surface area contributed by atoms with Crippen LogP contribution in [0.5, 0.6) is 5.75 Å². The molecule has 0 N–H and O–H groups in total. The van der Waals surface area contributed by atoms with E-state index in [0.29, 0.717) is 4.83 Å². The Balaban J connectivity index is 2.14. The van der Waals surface area contributed by atoms with E-state index >= 15 is 0 Å². The van der Waals surface area contributed by atoms with Crippen LogP contribution in [-0.2, 0) is 0 Å². The maximum Gasteiger partial charge on any atom is 0.118 e. The van der Waals surface area contributed by atoms with Gasteiger partial charge < -0.3 is 4.74 Å². The first-order chi connectivity index (χ1) is 5.81. The third kappa shape index (κ3) is 1.48. The summed E-state index contributed by atoms with van der Waals surface area (Å²) in [5.41, 5.74) is 1.41. The van der Waals surface area contributed by atoms with E-state index in [0.717, 1.165) is 11.7 Å². The van der Waals surface area contributed by atoms with Gasteiger partial charge >= 0.3 is 0 Å². The molecule has 0 bridgehead atoms. The predicted octanol–water partition coefficient (Wildman–Crippen LogP) is 2.95. The molecule has 1 aliphatic rings. The molecule has 2 heteroatoms. The fourth-order valence-corrected chi connectivity index (χ4v) is 2.07. The van der Waals surface area contributed by atoms with Crippen LogP contribution in [-0.4, -0.2) is 11.9 Å². The molecule has 0 saturated heterocycles. The smallest absolute Gasteiger partial charge is 0.118 e. The Morgan fingerprint density at radius 2 is 1.92 bits per heavy atom. The van der Waals surface area contributed by atoms with Gasteiger partial charge in [0, 0.05) is 4.83 Å². The van der Waals surface area contributed by atoms with Crippen LogP contribution in [0.15, 0.2) is 24.3 Å². The zero-order valence-electron chi connectivity index (χ0n) is 6.96. The second-order valence-electron chi connectivity index (χ2n) is 3.13. The van der Waals surface area contributed by atoms with E-state index in [-0.39, 0.29) is 0 Å². The lowest BCUT2D eigenvalue weighted by Gasteiger charge is -2.00. The van der Waals surface area contributed by atoms with Crippen molar-refractivity contribution in [3.63, 3.8) is 0 Å². The molecule has 0 radical (unpaired) electrons. The van der Waals surface area contributed by atoms with Crippen LogP contribution in [0.25, 0.3) is 0 Å². The highest BCUT2D eigenvalue weighted by atomic mass is 79.9. The summed E-state index contributed by atoms with van der Waals surface area (Å²) in [4.78, 5) is 0.700. The summed E-state index contributed by atoms with van der Waals surface area (Å²) in [7, 11) is 1.69. The second kappa shape index (κ2) is 3.09. The van der Waals surface area contributed by atoms with Gasteiger partial charge in [0.1, 0.15) is 5.75 Å². The van der Waals surface area contributed by atoms with Gasteiger partial charge in [0.05, 0.1) is 7.11 Å². The van der Waals surface area contributed by atoms with Gasteiger partial charge in [-0.1, -0.05) is 28.1 Å². The molecule has 1 aromatic carbocycles. The van der Waals surface area contributed by atoms with Crippen molar-refractivity contribution >= 4 is 15.9 Å². The van der Waals surface area contributed by atoms with Crippen molar-refractivity contribution in [2.24, 2.45) is 0 Å². The second-order valence-corrected chi connectivity index (χ2v) is 4.31. The molecular weight excluding hydrogens is 216 g/mol. The van der Waals surface area contributed by atoms with E-state index in [9.17, 15) is 0 Å². The lowest BCUT2D eigenvalue weighted by atomic mass is 10.1. The van der Waals surface area contributed by atoms with Crippen molar-refractivity contribution in [1.82, 2.24) is 0 Å². The minimum Gasteiger partial charge on any atom is -0.497 e. The Kier molecular flexibility index (Phi) is 2.09. The van der Waals surface area contributed by atoms with Gasteiger partial charge in [-0.2, -0.15) is 0 Å². The van der Waals surface area contributed by atoms with Crippen LogP contribution < -0.4 is 4.74 Å². The molecule has 2 unspecified atom stereocenters. The van der Waals surface area contributed by atoms with Gasteiger partial charge in [-0.15, -0.1) is 0 Å². The summed E-state index contributed by atoms with van der Waals surface area (Å²) in [6.07, 6.45) is 1.27. The Labute approximate surface area is 80.9 Å². The maximum atomic E-state index is 5.08. The third-order valence-electron chi connectivity index (χ3n) is 2.26. The molecule has 64 valence electrons. The SMILES string of the molecule is COc1ccc(C2CC2Br)cc1. The van der Waals surface area contributed by atoms with Crippen LogP contribution in [0.2, 0.25) is 0 Å². The molecule has 1 fully saturated rings. The Morgan fingerprint density at radius 3 is 2.33 bits per heavy atom. The van der Waals surface area contributed by atoms with Crippen molar-refractivity contribution < 1.29 is 4.74 Å². The number of methoxy groups -OCH3 is 1. The molecule has 1 aromatic rings. The topological polar surface area (TPSA) is 9.23 Å². The van der Waals surface area contributed by atoms with Crippen molar-refractivity contribution in [1.29, 1.82) is 0 Å². The van der Waals surface area contributed by atoms with Crippen LogP contribution in [0.3, 0.4) is 0 Å². The molecule has 1 nitrogen and oxygen atoms in total. The minimum absolute atomic E-state index is 0.700. The van der Waals surface area contributed by atoms with E-state index in [1.165, 1.54) is 12.0 Å². The highest BCUT2D eigenvalue weighted by Crippen LogP contribution is 2.46. The number of ether oxygens (including phenoxy) is 1. The number of rotatable bonds is 2. The summed E-state index contributed by atoms with van der Waals surface area (Å²) >= 11 is 3.59. The summed E-state index contributed by atoms with van der Waals surface area (Å²) in [5.74, 6) is 1.67. The Morgan fingerprint density at radius 1 is 1.33 bits per heavy atom. The van der Waals surface area contributed by atoms with Crippen LogP contribution in [0.1, 0.15) is 17.9 Å². The molecule has 0 aromatic heterocycles. The van der Waals surface area contributed by atoms with E-state index in [1.807, 2.05) is 12.1 Å². The monoisotopic (exact) mass is 226 g/mol. The lowest BCUT2D eigenvalue weighted by Crippen LogP contribution is -1.84. The fourth-order valence-electron chi connectivity index (χ4n) is 1.36. The summed E-state index contributed by atoms with van der Waals surface area (Å²) in [6, 6.07) is 8.33. The van der Waals surface area contributed by atoms with Gasteiger partial charge in [0.25, 0.3) is 0 Å². The fraction of sp³-hybridized carbons (Fsp3) is 0.400. The van der Waals surface area contributed by atoms with Gasteiger partial charge in [-0.3, -0.25) is 0 Å². The summed E-state index contributed by atoms with van der Waals surface area (Å²) in [5, 5.41) is 0. The third-order valence-corrected chi connectivity index (χ3v) is 3.27. The van der Waals surface area contributed by atoms with Gasteiger partial charge in [0.2, 0.25) is 0 Å². The molecule has 2 rings (SSSR count). The Bertz CT molecular complexity index is 268. The normalized spacial score (nSPS) is 26.8. The molecule has 0 spiro atoms. The average Bonchev–Trinajstić information content (AvgIpc) is 2.83. The van der Waals surface area contributed by atoms with Crippen LogP contribution in [0, 0.1) is 0 Å². The van der Waals surface area contributed by atoms with Gasteiger partial charge in [0.15, 0.2) is 0 Å². The van der Waals surface area contributed by atoms with Crippen molar-refractivity contribution in [2.75, 3.05) is 7.11 Å².